The number of halogens is 1. The lowest BCUT2D eigenvalue weighted by Gasteiger charge is -2.23. The molecule has 1 rings (SSSR count). The highest BCUT2D eigenvalue weighted by molar-refractivity contribution is 14.1. The van der Waals surface area contributed by atoms with Crippen LogP contribution in [0.3, 0.4) is 0 Å². The summed E-state index contributed by atoms with van der Waals surface area (Å²) < 4.78 is 0.471. The maximum atomic E-state index is 4.86. The Labute approximate surface area is 115 Å². The number of alkyl halides is 1. The molecule has 1 heterocycles. The summed E-state index contributed by atoms with van der Waals surface area (Å²) in [6.45, 7) is 8.02. The van der Waals surface area contributed by atoms with Crippen LogP contribution >= 0.6 is 22.6 Å². The van der Waals surface area contributed by atoms with Crippen molar-refractivity contribution in [1.29, 1.82) is 0 Å². The molecule has 0 radical (unpaired) electrons. The quantitative estimate of drug-likeness (QED) is 0.496. The van der Waals surface area contributed by atoms with Crippen LogP contribution in [0, 0.1) is 5.92 Å². The third-order valence-electron chi connectivity index (χ3n) is 3.76. The van der Waals surface area contributed by atoms with Gasteiger partial charge in [-0.05, 0) is 38.0 Å². The van der Waals surface area contributed by atoms with E-state index < -0.39 is 0 Å². The lowest BCUT2D eigenvalue weighted by Crippen LogP contribution is -2.19. The zero-order chi connectivity index (χ0) is 12.0. The van der Waals surface area contributed by atoms with E-state index in [-0.39, 0.29) is 0 Å². The zero-order valence-electron chi connectivity index (χ0n) is 11.1. The molecule has 16 heavy (non-hydrogen) atoms. The summed E-state index contributed by atoms with van der Waals surface area (Å²) in [6, 6.07) is 0. The second-order valence-corrected chi connectivity index (χ2v) is 8.01. The predicted molar refractivity (Wildman–Crippen MR) is 81.9 cm³/mol. The Morgan fingerprint density at radius 2 is 2.06 bits per heavy atom. The largest absolute Gasteiger partial charge is 0.294 e. The molecule has 0 fully saturated rings. The summed E-state index contributed by atoms with van der Waals surface area (Å²) in [5.74, 6) is 0.694. The van der Waals surface area contributed by atoms with E-state index in [2.05, 4.69) is 43.4 Å². The lowest BCUT2D eigenvalue weighted by molar-refractivity contribution is 0.520. The summed E-state index contributed by atoms with van der Waals surface area (Å²) in [4.78, 5) is 4.86. The third kappa shape index (κ3) is 5.15. The summed E-state index contributed by atoms with van der Waals surface area (Å²) in [7, 11) is 0. The molecule has 1 aliphatic heterocycles. The van der Waals surface area contributed by atoms with Crippen LogP contribution in [0.2, 0.25) is 0 Å². The summed E-state index contributed by atoms with van der Waals surface area (Å²) in [5, 5.41) is 0. The molecule has 0 aromatic heterocycles. The van der Waals surface area contributed by atoms with Crippen LogP contribution in [0.4, 0.5) is 0 Å². The fourth-order valence-electron chi connectivity index (χ4n) is 2.25. The van der Waals surface area contributed by atoms with Gasteiger partial charge in [-0.3, -0.25) is 4.99 Å². The van der Waals surface area contributed by atoms with Gasteiger partial charge in [-0.25, -0.2) is 0 Å². The highest BCUT2D eigenvalue weighted by Crippen LogP contribution is 2.30. The molecule has 2 atom stereocenters. The number of rotatable bonds is 2. The van der Waals surface area contributed by atoms with E-state index in [0.717, 1.165) is 6.54 Å². The van der Waals surface area contributed by atoms with Crippen molar-refractivity contribution in [3.63, 3.8) is 0 Å². The maximum Gasteiger partial charge on any atom is 0.0401 e. The predicted octanol–water partition coefficient (Wildman–Crippen LogP) is 5.02. The minimum absolute atomic E-state index is 0.471. The molecule has 0 amide bonds. The zero-order valence-corrected chi connectivity index (χ0v) is 13.2. The van der Waals surface area contributed by atoms with Gasteiger partial charge < -0.3 is 0 Å². The number of aliphatic imine (C=N–C) groups is 1. The number of hydrogen-bond donors (Lipinski definition) is 0. The average Bonchev–Trinajstić information content (AvgIpc) is 2.25. The molecule has 0 saturated heterocycles. The van der Waals surface area contributed by atoms with Gasteiger partial charge in [0.15, 0.2) is 0 Å². The average molecular weight is 335 g/mol. The van der Waals surface area contributed by atoms with E-state index >= 15 is 0 Å². The Morgan fingerprint density at radius 1 is 1.31 bits per heavy atom. The Bertz CT molecular complexity index is 233. The van der Waals surface area contributed by atoms with E-state index in [1.165, 1.54) is 50.7 Å². The fraction of sp³-hybridized carbons (Fsp3) is 0.929. The molecule has 0 aromatic carbocycles. The second-order valence-electron chi connectivity index (χ2n) is 5.41. The third-order valence-corrected chi connectivity index (χ3v) is 4.84. The maximum absolute atomic E-state index is 4.86. The summed E-state index contributed by atoms with van der Waals surface area (Å²) >= 11 is 2.63. The smallest absolute Gasteiger partial charge is 0.0401 e. The Morgan fingerprint density at radius 3 is 2.75 bits per heavy atom. The molecule has 1 unspecified atom stereocenters. The van der Waals surface area contributed by atoms with Crippen molar-refractivity contribution in [3.8, 4) is 0 Å². The van der Waals surface area contributed by atoms with Crippen LogP contribution in [-0.2, 0) is 0 Å². The van der Waals surface area contributed by atoms with Crippen LogP contribution < -0.4 is 0 Å². The Hall–Kier alpha value is 0.400. The first kappa shape index (κ1) is 14.5. The van der Waals surface area contributed by atoms with Gasteiger partial charge in [-0.15, -0.1) is 0 Å². The van der Waals surface area contributed by atoms with Crippen LogP contribution in [0.1, 0.15) is 65.7 Å². The van der Waals surface area contributed by atoms with E-state index in [4.69, 9.17) is 4.99 Å². The van der Waals surface area contributed by atoms with Gasteiger partial charge >= 0.3 is 0 Å². The topological polar surface area (TPSA) is 12.4 Å². The molecular weight excluding hydrogens is 309 g/mol. The van der Waals surface area contributed by atoms with Crippen LogP contribution in [0.15, 0.2) is 4.99 Å². The van der Waals surface area contributed by atoms with Gasteiger partial charge in [0.2, 0.25) is 0 Å². The summed E-state index contributed by atoms with van der Waals surface area (Å²) in [6.07, 6.45) is 9.21. The number of nitrogens with zero attached hydrogens (tertiary/aromatic N) is 1. The van der Waals surface area contributed by atoms with Crippen LogP contribution in [0.25, 0.3) is 0 Å². The SMILES string of the molecule is CC[C@H](C)C1=NCCC(C)(I)CCCCC1. The van der Waals surface area contributed by atoms with Gasteiger partial charge in [0, 0.05) is 15.7 Å². The van der Waals surface area contributed by atoms with E-state index in [1.54, 1.807) is 0 Å². The first-order chi connectivity index (χ1) is 7.55. The minimum Gasteiger partial charge on any atom is -0.294 e. The second kappa shape index (κ2) is 6.97. The molecule has 1 nitrogen and oxygen atoms in total. The van der Waals surface area contributed by atoms with Gasteiger partial charge in [0.25, 0.3) is 0 Å². The Balaban J connectivity index is 2.61. The highest BCUT2D eigenvalue weighted by atomic mass is 127. The van der Waals surface area contributed by atoms with Crippen molar-refractivity contribution >= 4 is 28.3 Å². The molecule has 0 aliphatic carbocycles. The van der Waals surface area contributed by atoms with Crippen molar-refractivity contribution in [2.75, 3.05) is 6.54 Å². The molecule has 1 aliphatic rings. The van der Waals surface area contributed by atoms with Crippen molar-refractivity contribution in [1.82, 2.24) is 0 Å². The van der Waals surface area contributed by atoms with Gasteiger partial charge in [-0.2, -0.15) is 0 Å². The van der Waals surface area contributed by atoms with Gasteiger partial charge in [-0.1, -0.05) is 56.2 Å². The lowest BCUT2D eigenvalue weighted by atomic mass is 9.94. The molecule has 0 aromatic rings. The molecule has 0 saturated carbocycles. The van der Waals surface area contributed by atoms with Crippen molar-refractivity contribution in [2.45, 2.75) is 69.1 Å². The van der Waals surface area contributed by atoms with Crippen molar-refractivity contribution < 1.29 is 0 Å². The minimum atomic E-state index is 0.471. The normalized spacial score (nSPS) is 30.6. The molecule has 94 valence electrons. The molecule has 0 N–H and O–H groups in total. The highest BCUT2D eigenvalue weighted by Gasteiger charge is 2.20. The first-order valence-electron chi connectivity index (χ1n) is 6.77. The molecule has 0 spiro atoms. The number of hydrogen-bond acceptors (Lipinski definition) is 1. The van der Waals surface area contributed by atoms with Crippen molar-refractivity contribution in [2.24, 2.45) is 10.9 Å². The first-order valence-corrected chi connectivity index (χ1v) is 7.85. The van der Waals surface area contributed by atoms with E-state index in [9.17, 15) is 0 Å². The Kier molecular flexibility index (Phi) is 6.30. The molecule has 2 heteroatoms. The van der Waals surface area contributed by atoms with E-state index in [0.29, 0.717) is 9.34 Å². The fourth-order valence-corrected chi connectivity index (χ4v) is 2.87. The van der Waals surface area contributed by atoms with Crippen molar-refractivity contribution in [3.05, 3.63) is 0 Å². The monoisotopic (exact) mass is 335 g/mol. The summed E-state index contributed by atoms with van der Waals surface area (Å²) in [5.41, 5.74) is 1.48. The molecular formula is C14H26IN. The van der Waals surface area contributed by atoms with E-state index in [1.807, 2.05) is 0 Å². The standard InChI is InChI=1S/C14H26IN/c1-4-12(2)13-8-6-5-7-9-14(3,15)10-11-16-13/h12H,4-11H2,1-3H3/t12-,14?/m0/s1. The van der Waals surface area contributed by atoms with Crippen LogP contribution in [-0.4, -0.2) is 15.7 Å². The van der Waals surface area contributed by atoms with Gasteiger partial charge in [0.1, 0.15) is 0 Å². The van der Waals surface area contributed by atoms with Crippen LogP contribution in [0.5, 0.6) is 0 Å². The van der Waals surface area contributed by atoms with Gasteiger partial charge in [0.05, 0.1) is 0 Å². The molecule has 0 bridgehead atoms.